The first-order chi connectivity index (χ1) is 10.1. The lowest BCUT2D eigenvalue weighted by Gasteiger charge is -2.04. The predicted octanol–water partition coefficient (Wildman–Crippen LogP) is 3.97. The lowest BCUT2D eigenvalue weighted by Crippen LogP contribution is -2.02. The molecule has 0 fully saturated rings. The fourth-order valence-corrected chi connectivity index (χ4v) is 2.35. The highest BCUT2D eigenvalue weighted by molar-refractivity contribution is 6.30. The van der Waals surface area contributed by atoms with Gasteiger partial charge < -0.3 is 5.73 Å². The summed E-state index contributed by atoms with van der Waals surface area (Å²) in [6.45, 7) is 0.328. The van der Waals surface area contributed by atoms with Crippen LogP contribution in [0.15, 0.2) is 54.9 Å². The van der Waals surface area contributed by atoms with Crippen LogP contribution in [0.5, 0.6) is 0 Å². The summed E-state index contributed by atoms with van der Waals surface area (Å²) in [4.78, 5) is 0. The van der Waals surface area contributed by atoms with Gasteiger partial charge in [-0.05, 0) is 35.9 Å². The predicted molar refractivity (Wildman–Crippen MR) is 82.6 cm³/mol. The maximum absolute atomic E-state index is 13.7. The van der Waals surface area contributed by atoms with Crippen LogP contribution in [0, 0.1) is 5.82 Å². The van der Waals surface area contributed by atoms with Gasteiger partial charge in [0.15, 0.2) is 0 Å². The Morgan fingerprint density at radius 3 is 2.81 bits per heavy atom. The van der Waals surface area contributed by atoms with Crippen molar-refractivity contribution in [1.82, 2.24) is 9.78 Å². The van der Waals surface area contributed by atoms with Gasteiger partial charge in [-0.1, -0.05) is 23.7 Å². The molecule has 2 N–H and O–H groups in total. The van der Waals surface area contributed by atoms with Crippen molar-refractivity contribution in [1.29, 1.82) is 0 Å². The lowest BCUT2D eigenvalue weighted by molar-refractivity contribution is 0.585. The van der Waals surface area contributed by atoms with E-state index >= 15 is 0 Å². The van der Waals surface area contributed by atoms with Gasteiger partial charge in [0.1, 0.15) is 5.82 Å². The van der Waals surface area contributed by atoms with Crippen LogP contribution in [0.3, 0.4) is 0 Å². The van der Waals surface area contributed by atoms with Crippen LogP contribution in [0.2, 0.25) is 5.02 Å². The van der Waals surface area contributed by atoms with Crippen LogP contribution < -0.4 is 5.73 Å². The van der Waals surface area contributed by atoms with Crippen molar-refractivity contribution >= 4 is 17.3 Å². The van der Waals surface area contributed by atoms with Crippen LogP contribution in [0.25, 0.3) is 11.1 Å². The van der Waals surface area contributed by atoms with E-state index in [-0.39, 0.29) is 5.82 Å². The molecule has 1 aromatic heterocycles. The van der Waals surface area contributed by atoms with Gasteiger partial charge in [0.05, 0.1) is 12.7 Å². The molecule has 5 heteroatoms. The summed E-state index contributed by atoms with van der Waals surface area (Å²) in [5.74, 6) is -0.291. The number of benzene rings is 2. The summed E-state index contributed by atoms with van der Waals surface area (Å²) in [5, 5.41) is 4.76. The average Bonchev–Trinajstić information content (AvgIpc) is 2.91. The van der Waals surface area contributed by atoms with Crippen LogP contribution in [-0.2, 0) is 6.54 Å². The molecule has 21 heavy (non-hydrogen) atoms. The molecule has 106 valence electrons. The van der Waals surface area contributed by atoms with Gasteiger partial charge in [0.2, 0.25) is 0 Å². The van der Waals surface area contributed by atoms with Gasteiger partial charge in [0, 0.05) is 28.0 Å². The first-order valence-electron chi connectivity index (χ1n) is 6.44. The second-order valence-electron chi connectivity index (χ2n) is 4.79. The van der Waals surface area contributed by atoms with Crippen LogP contribution in [-0.4, -0.2) is 9.78 Å². The molecular weight excluding hydrogens is 289 g/mol. The number of hydrogen-bond acceptors (Lipinski definition) is 2. The fraction of sp³-hybridized carbons (Fsp3) is 0.0625. The number of aromatic nitrogens is 2. The Morgan fingerprint density at radius 1 is 1.14 bits per heavy atom. The largest absolute Gasteiger partial charge is 0.399 e. The average molecular weight is 302 g/mol. The van der Waals surface area contributed by atoms with Crippen LogP contribution in [0.4, 0.5) is 10.1 Å². The molecule has 0 aliphatic heterocycles. The molecule has 0 spiro atoms. The van der Waals surface area contributed by atoms with E-state index in [4.69, 9.17) is 17.3 Å². The van der Waals surface area contributed by atoms with Crippen molar-refractivity contribution in [2.75, 3.05) is 5.73 Å². The summed E-state index contributed by atoms with van der Waals surface area (Å²) in [5.41, 5.74) is 8.89. The van der Waals surface area contributed by atoms with Crippen molar-refractivity contribution < 1.29 is 4.39 Å². The summed E-state index contributed by atoms with van der Waals surface area (Å²) in [6, 6.07) is 12.0. The van der Waals surface area contributed by atoms with Crippen molar-refractivity contribution in [3.63, 3.8) is 0 Å². The lowest BCUT2D eigenvalue weighted by atomic mass is 10.1. The molecule has 2 aromatic carbocycles. The minimum absolute atomic E-state index is 0.291. The van der Waals surface area contributed by atoms with E-state index in [9.17, 15) is 4.39 Å². The molecule has 0 atom stereocenters. The van der Waals surface area contributed by atoms with Crippen molar-refractivity contribution in [3.8, 4) is 11.1 Å². The third-order valence-electron chi connectivity index (χ3n) is 3.19. The summed E-state index contributed by atoms with van der Waals surface area (Å²) in [7, 11) is 0. The van der Waals surface area contributed by atoms with E-state index in [1.165, 1.54) is 12.1 Å². The monoisotopic (exact) mass is 301 g/mol. The van der Waals surface area contributed by atoms with Gasteiger partial charge >= 0.3 is 0 Å². The Morgan fingerprint density at radius 2 is 2.00 bits per heavy atom. The second kappa shape index (κ2) is 5.58. The maximum atomic E-state index is 13.7. The number of nitrogen functional groups attached to an aromatic ring is 1. The molecule has 0 saturated carbocycles. The molecule has 1 heterocycles. The molecule has 0 bridgehead atoms. The fourth-order valence-electron chi connectivity index (χ4n) is 2.16. The van der Waals surface area contributed by atoms with Gasteiger partial charge in [-0.15, -0.1) is 0 Å². The number of rotatable bonds is 3. The van der Waals surface area contributed by atoms with E-state index < -0.39 is 0 Å². The summed E-state index contributed by atoms with van der Waals surface area (Å²) >= 11 is 5.89. The third kappa shape index (κ3) is 3.06. The van der Waals surface area contributed by atoms with E-state index in [1.54, 1.807) is 16.9 Å². The minimum Gasteiger partial charge on any atom is -0.399 e. The van der Waals surface area contributed by atoms with E-state index in [2.05, 4.69) is 5.10 Å². The summed E-state index contributed by atoms with van der Waals surface area (Å²) < 4.78 is 15.4. The molecule has 0 unspecified atom stereocenters. The first kappa shape index (κ1) is 13.6. The Bertz CT molecular complexity index is 783. The molecule has 0 aliphatic rings. The quantitative estimate of drug-likeness (QED) is 0.744. The number of halogens is 2. The minimum atomic E-state index is -0.291. The Labute approximate surface area is 126 Å². The SMILES string of the molecule is Nc1cccc(-c2cnn(Cc3cc(Cl)ccc3F)c2)c1. The van der Waals surface area contributed by atoms with Gasteiger partial charge in [-0.2, -0.15) is 5.10 Å². The number of anilines is 1. The molecule has 0 amide bonds. The van der Waals surface area contributed by atoms with Crippen LogP contribution in [0.1, 0.15) is 5.56 Å². The highest BCUT2D eigenvalue weighted by Crippen LogP contribution is 2.22. The van der Waals surface area contributed by atoms with Crippen molar-refractivity contribution in [2.45, 2.75) is 6.54 Å². The smallest absolute Gasteiger partial charge is 0.128 e. The Balaban J connectivity index is 1.87. The van der Waals surface area contributed by atoms with Gasteiger partial charge in [-0.3, -0.25) is 4.68 Å². The van der Waals surface area contributed by atoms with Gasteiger partial charge in [-0.25, -0.2) is 4.39 Å². The zero-order chi connectivity index (χ0) is 14.8. The van der Waals surface area contributed by atoms with Crippen LogP contribution >= 0.6 is 11.6 Å². The van der Waals surface area contributed by atoms with Gasteiger partial charge in [0.25, 0.3) is 0 Å². The number of nitrogens with zero attached hydrogens (tertiary/aromatic N) is 2. The van der Waals surface area contributed by atoms with Crippen molar-refractivity contribution in [3.05, 3.63) is 71.3 Å². The van der Waals surface area contributed by atoms with E-state index in [0.717, 1.165) is 11.1 Å². The van der Waals surface area contributed by atoms with E-state index in [0.29, 0.717) is 22.8 Å². The molecule has 3 rings (SSSR count). The van der Waals surface area contributed by atoms with E-state index in [1.807, 2.05) is 30.5 Å². The third-order valence-corrected chi connectivity index (χ3v) is 3.43. The molecule has 0 aliphatic carbocycles. The Hall–Kier alpha value is -2.33. The number of nitrogens with two attached hydrogens (primary N) is 1. The molecular formula is C16H13ClFN3. The maximum Gasteiger partial charge on any atom is 0.128 e. The molecule has 0 saturated heterocycles. The zero-order valence-electron chi connectivity index (χ0n) is 11.1. The highest BCUT2D eigenvalue weighted by atomic mass is 35.5. The molecule has 0 radical (unpaired) electrons. The van der Waals surface area contributed by atoms with Crippen molar-refractivity contribution in [2.24, 2.45) is 0 Å². The zero-order valence-corrected chi connectivity index (χ0v) is 11.9. The summed E-state index contributed by atoms with van der Waals surface area (Å²) in [6.07, 6.45) is 3.59. The molecule has 3 aromatic rings. The molecule has 3 nitrogen and oxygen atoms in total. The highest BCUT2D eigenvalue weighted by Gasteiger charge is 2.07. The Kier molecular flexibility index (Phi) is 3.62. The normalized spacial score (nSPS) is 10.8. The standard InChI is InChI=1S/C16H13ClFN3/c17-14-4-5-16(18)12(6-14)9-21-10-13(8-20-21)11-2-1-3-15(19)7-11/h1-8,10H,9,19H2. The second-order valence-corrected chi connectivity index (χ2v) is 5.22. The topological polar surface area (TPSA) is 43.8 Å². The first-order valence-corrected chi connectivity index (χ1v) is 6.82. The number of hydrogen-bond donors (Lipinski definition) is 1.